The van der Waals surface area contributed by atoms with Gasteiger partial charge in [0.25, 0.3) is 0 Å². The van der Waals surface area contributed by atoms with E-state index in [1.807, 2.05) is 31.3 Å². The quantitative estimate of drug-likeness (QED) is 0.729. The molecule has 0 aliphatic rings. The van der Waals surface area contributed by atoms with Gasteiger partial charge in [-0.1, -0.05) is 18.2 Å². The molecular weight excluding hydrogens is 178 g/mol. The fraction of sp³-hybridized carbons (Fsp3) is 0.300. The highest BCUT2D eigenvalue weighted by Gasteiger charge is 2.08. The zero-order chi connectivity index (χ0) is 10.1. The lowest BCUT2D eigenvalue weighted by Crippen LogP contribution is -2.14. The van der Waals surface area contributed by atoms with Crippen LogP contribution >= 0.6 is 0 Å². The molecule has 1 aromatic carbocycles. The average molecular weight is 191 g/mol. The van der Waals surface area contributed by atoms with Crippen LogP contribution < -0.4 is 0 Å². The second-order valence-electron chi connectivity index (χ2n) is 3.40. The van der Waals surface area contributed by atoms with Crippen molar-refractivity contribution in [2.24, 2.45) is 7.05 Å². The summed E-state index contributed by atoms with van der Waals surface area (Å²) < 4.78 is 1.80. The number of fused-ring (bicyclic) bond motifs is 1. The van der Waals surface area contributed by atoms with Crippen LogP contribution in [0.25, 0.3) is 10.9 Å². The second kappa shape index (κ2) is 3.40. The number of hydrogen-bond acceptors (Lipinski definition) is 3. The van der Waals surface area contributed by atoms with Gasteiger partial charge in [-0.25, -0.2) is 0 Å². The van der Waals surface area contributed by atoms with Crippen LogP contribution in [0, 0.1) is 0 Å². The average Bonchev–Trinajstić information content (AvgIpc) is 2.43. The lowest BCUT2D eigenvalue weighted by atomic mass is 10.2. The van der Waals surface area contributed by atoms with E-state index in [1.54, 1.807) is 11.7 Å². The van der Waals surface area contributed by atoms with Crippen molar-refractivity contribution < 1.29 is 5.21 Å². The molecule has 1 N–H and O–H groups in total. The van der Waals surface area contributed by atoms with Gasteiger partial charge in [0.15, 0.2) is 0 Å². The maximum Gasteiger partial charge on any atom is 0.0926 e. The molecule has 1 heterocycles. The minimum Gasteiger partial charge on any atom is -0.314 e. The number of nitrogens with zero attached hydrogens (tertiary/aromatic N) is 3. The summed E-state index contributed by atoms with van der Waals surface area (Å²) >= 11 is 0. The Morgan fingerprint density at radius 1 is 1.43 bits per heavy atom. The van der Waals surface area contributed by atoms with E-state index in [9.17, 15) is 5.21 Å². The second-order valence-corrected chi connectivity index (χ2v) is 3.40. The monoisotopic (exact) mass is 191 g/mol. The van der Waals surface area contributed by atoms with Crippen molar-refractivity contribution in [2.75, 3.05) is 7.05 Å². The Labute approximate surface area is 82.3 Å². The van der Waals surface area contributed by atoms with E-state index in [0.29, 0.717) is 6.54 Å². The van der Waals surface area contributed by atoms with Gasteiger partial charge in [-0.2, -0.15) is 10.2 Å². The molecule has 0 saturated carbocycles. The van der Waals surface area contributed by atoms with Crippen LogP contribution in [0.5, 0.6) is 0 Å². The molecule has 4 nitrogen and oxygen atoms in total. The fourth-order valence-electron chi connectivity index (χ4n) is 1.61. The maximum absolute atomic E-state index is 9.20. The summed E-state index contributed by atoms with van der Waals surface area (Å²) in [6, 6.07) is 7.92. The van der Waals surface area contributed by atoms with Gasteiger partial charge in [-0.15, -0.1) is 0 Å². The highest BCUT2D eigenvalue weighted by atomic mass is 16.5. The van der Waals surface area contributed by atoms with Crippen molar-refractivity contribution in [3.8, 4) is 0 Å². The van der Waals surface area contributed by atoms with Gasteiger partial charge in [-0.05, 0) is 6.07 Å². The van der Waals surface area contributed by atoms with Crippen molar-refractivity contribution in [3.05, 3.63) is 30.0 Å². The van der Waals surface area contributed by atoms with Gasteiger partial charge in [0.05, 0.1) is 17.8 Å². The van der Waals surface area contributed by atoms with Crippen molar-refractivity contribution in [1.29, 1.82) is 0 Å². The first kappa shape index (κ1) is 9.18. The summed E-state index contributed by atoms with van der Waals surface area (Å²) in [6.07, 6.45) is 0. The largest absolute Gasteiger partial charge is 0.314 e. The molecule has 0 atom stereocenters. The number of aromatic nitrogens is 2. The van der Waals surface area contributed by atoms with Crippen molar-refractivity contribution in [1.82, 2.24) is 14.8 Å². The van der Waals surface area contributed by atoms with Crippen LogP contribution in [0.4, 0.5) is 0 Å². The third-order valence-electron chi connectivity index (χ3n) is 2.24. The normalized spacial score (nSPS) is 11.4. The molecule has 0 aliphatic heterocycles. The Hall–Kier alpha value is -1.39. The summed E-state index contributed by atoms with van der Waals surface area (Å²) in [7, 11) is 3.51. The van der Waals surface area contributed by atoms with Crippen LogP contribution in [-0.2, 0) is 13.6 Å². The zero-order valence-corrected chi connectivity index (χ0v) is 8.31. The van der Waals surface area contributed by atoms with E-state index in [1.165, 1.54) is 0 Å². The maximum atomic E-state index is 9.20. The predicted octanol–water partition coefficient (Wildman–Crippen LogP) is 1.39. The first-order valence-electron chi connectivity index (χ1n) is 4.49. The van der Waals surface area contributed by atoms with Crippen molar-refractivity contribution >= 4 is 10.9 Å². The number of benzene rings is 1. The third kappa shape index (κ3) is 1.49. The topological polar surface area (TPSA) is 41.3 Å². The van der Waals surface area contributed by atoms with Crippen LogP contribution in [-0.4, -0.2) is 27.1 Å². The van der Waals surface area contributed by atoms with E-state index < -0.39 is 0 Å². The first-order chi connectivity index (χ1) is 6.68. The zero-order valence-electron chi connectivity index (χ0n) is 8.31. The SMILES string of the molecule is CN(O)Cc1c2ccccc2nn1C. The van der Waals surface area contributed by atoms with Gasteiger partial charge in [0.1, 0.15) is 0 Å². The Morgan fingerprint density at radius 3 is 2.86 bits per heavy atom. The van der Waals surface area contributed by atoms with Crippen molar-refractivity contribution in [2.45, 2.75) is 6.54 Å². The van der Waals surface area contributed by atoms with Gasteiger partial charge in [0.2, 0.25) is 0 Å². The first-order valence-corrected chi connectivity index (χ1v) is 4.49. The third-order valence-corrected chi connectivity index (χ3v) is 2.24. The molecule has 0 radical (unpaired) electrons. The van der Waals surface area contributed by atoms with Gasteiger partial charge in [-0.3, -0.25) is 4.68 Å². The van der Waals surface area contributed by atoms with Gasteiger partial charge in [0, 0.05) is 19.5 Å². The molecule has 2 rings (SSSR count). The number of aryl methyl sites for hydroxylation is 1. The standard InChI is InChI=1S/C10H13N3O/c1-12(14)7-10-8-5-3-4-6-9(8)11-13(10)2/h3-6,14H,7H2,1-2H3. The van der Waals surface area contributed by atoms with Crippen molar-refractivity contribution in [3.63, 3.8) is 0 Å². The van der Waals surface area contributed by atoms with E-state index in [2.05, 4.69) is 5.10 Å². The molecule has 74 valence electrons. The Morgan fingerprint density at radius 2 is 2.14 bits per heavy atom. The molecule has 0 amide bonds. The summed E-state index contributed by atoms with van der Waals surface area (Å²) in [4.78, 5) is 0. The van der Waals surface area contributed by atoms with Crippen LogP contribution in [0.1, 0.15) is 5.69 Å². The van der Waals surface area contributed by atoms with E-state index in [-0.39, 0.29) is 0 Å². The van der Waals surface area contributed by atoms with E-state index in [0.717, 1.165) is 21.7 Å². The Balaban J connectivity index is 2.56. The summed E-state index contributed by atoms with van der Waals surface area (Å²) in [6.45, 7) is 0.483. The molecule has 1 aromatic heterocycles. The summed E-state index contributed by atoms with van der Waals surface area (Å²) in [5.74, 6) is 0. The lowest BCUT2D eigenvalue weighted by molar-refractivity contribution is -0.0744. The van der Waals surface area contributed by atoms with Crippen LogP contribution in [0.3, 0.4) is 0 Å². The molecule has 4 heteroatoms. The van der Waals surface area contributed by atoms with Crippen LogP contribution in [0.2, 0.25) is 0 Å². The molecule has 0 bridgehead atoms. The highest BCUT2D eigenvalue weighted by molar-refractivity contribution is 5.81. The minimum atomic E-state index is 0.483. The molecular formula is C10H13N3O. The molecule has 0 unspecified atom stereocenters. The Bertz CT molecular complexity index is 448. The molecule has 0 aliphatic carbocycles. The molecule has 2 aromatic rings. The predicted molar refractivity (Wildman–Crippen MR) is 54.0 cm³/mol. The minimum absolute atomic E-state index is 0.483. The van der Waals surface area contributed by atoms with E-state index in [4.69, 9.17) is 0 Å². The van der Waals surface area contributed by atoms with Gasteiger partial charge < -0.3 is 5.21 Å². The smallest absolute Gasteiger partial charge is 0.0926 e. The number of rotatable bonds is 2. The molecule has 0 spiro atoms. The van der Waals surface area contributed by atoms with E-state index >= 15 is 0 Å². The molecule has 0 fully saturated rings. The lowest BCUT2D eigenvalue weighted by Gasteiger charge is -2.08. The van der Waals surface area contributed by atoms with Crippen LogP contribution in [0.15, 0.2) is 24.3 Å². The highest BCUT2D eigenvalue weighted by Crippen LogP contribution is 2.17. The molecule has 14 heavy (non-hydrogen) atoms. The number of hydrogen-bond donors (Lipinski definition) is 1. The molecule has 0 saturated heterocycles. The Kier molecular flexibility index (Phi) is 2.23. The fourth-order valence-corrected chi connectivity index (χ4v) is 1.61. The van der Waals surface area contributed by atoms with Gasteiger partial charge >= 0.3 is 0 Å². The number of hydroxylamine groups is 2. The summed E-state index contributed by atoms with van der Waals surface area (Å²) in [5.41, 5.74) is 1.98. The summed E-state index contributed by atoms with van der Waals surface area (Å²) in [5, 5.41) is 15.8.